The van der Waals surface area contributed by atoms with Gasteiger partial charge in [-0.3, -0.25) is 9.21 Å². The molecule has 8 nitrogen and oxygen atoms in total. The zero-order chi connectivity index (χ0) is 21.2. The summed E-state index contributed by atoms with van der Waals surface area (Å²) >= 11 is 1.46. The maximum Gasteiger partial charge on any atom is 0.332 e. The SMILES string of the molecule is COc1ccccc1N1CCN(CCN2Sc3ccc4c(c3NC2=O)OCCO4)CC1. The lowest BCUT2D eigenvalue weighted by molar-refractivity contribution is 0.172. The Labute approximate surface area is 186 Å². The number of nitrogens with zero attached hydrogens (tertiary/aromatic N) is 3. The molecule has 0 atom stereocenters. The molecule has 9 heteroatoms. The van der Waals surface area contributed by atoms with Crippen molar-refractivity contribution in [1.82, 2.24) is 9.21 Å². The summed E-state index contributed by atoms with van der Waals surface area (Å²) in [6.07, 6.45) is 0. The van der Waals surface area contributed by atoms with Crippen LogP contribution in [0.1, 0.15) is 0 Å². The van der Waals surface area contributed by atoms with Gasteiger partial charge in [0.1, 0.15) is 24.7 Å². The molecule has 0 spiro atoms. The van der Waals surface area contributed by atoms with E-state index in [0.717, 1.165) is 49.1 Å². The van der Waals surface area contributed by atoms with E-state index in [1.54, 1.807) is 11.4 Å². The van der Waals surface area contributed by atoms with Crippen LogP contribution in [0, 0.1) is 0 Å². The van der Waals surface area contributed by atoms with Crippen molar-refractivity contribution >= 4 is 29.4 Å². The molecule has 0 aromatic heterocycles. The van der Waals surface area contributed by atoms with E-state index in [1.165, 1.54) is 11.9 Å². The largest absolute Gasteiger partial charge is 0.495 e. The molecule has 1 N–H and O–H groups in total. The monoisotopic (exact) mass is 442 g/mol. The predicted molar refractivity (Wildman–Crippen MR) is 121 cm³/mol. The van der Waals surface area contributed by atoms with Crippen LogP contribution in [-0.4, -0.2) is 74.8 Å². The molecule has 3 aliphatic heterocycles. The Balaban J connectivity index is 1.17. The third kappa shape index (κ3) is 4.07. The molecule has 0 saturated carbocycles. The summed E-state index contributed by atoms with van der Waals surface area (Å²) in [7, 11) is 1.71. The summed E-state index contributed by atoms with van der Waals surface area (Å²) in [5, 5.41) is 2.99. The van der Waals surface area contributed by atoms with Gasteiger partial charge in [-0.2, -0.15) is 0 Å². The van der Waals surface area contributed by atoms with Crippen molar-refractivity contribution in [3.8, 4) is 17.2 Å². The molecule has 31 heavy (non-hydrogen) atoms. The van der Waals surface area contributed by atoms with Crippen molar-refractivity contribution in [2.75, 3.05) is 69.8 Å². The third-order valence-electron chi connectivity index (χ3n) is 5.76. The quantitative estimate of drug-likeness (QED) is 0.714. The van der Waals surface area contributed by atoms with Gasteiger partial charge in [-0.25, -0.2) is 4.79 Å². The van der Waals surface area contributed by atoms with Crippen molar-refractivity contribution in [3.63, 3.8) is 0 Å². The molecule has 3 heterocycles. The number of nitrogens with one attached hydrogen (secondary N) is 1. The van der Waals surface area contributed by atoms with E-state index in [4.69, 9.17) is 14.2 Å². The maximum atomic E-state index is 12.7. The second-order valence-corrected chi connectivity index (χ2v) is 8.65. The number of fused-ring (bicyclic) bond motifs is 3. The van der Waals surface area contributed by atoms with Gasteiger partial charge in [0.05, 0.1) is 17.7 Å². The lowest BCUT2D eigenvalue weighted by Gasteiger charge is -2.37. The number of anilines is 2. The Morgan fingerprint density at radius 1 is 1.03 bits per heavy atom. The fourth-order valence-corrected chi connectivity index (χ4v) is 5.01. The van der Waals surface area contributed by atoms with E-state index in [1.807, 2.05) is 30.3 Å². The normalized spacial score (nSPS) is 18.4. The van der Waals surface area contributed by atoms with Gasteiger partial charge in [-0.05, 0) is 36.2 Å². The van der Waals surface area contributed by atoms with Crippen LogP contribution >= 0.6 is 11.9 Å². The van der Waals surface area contributed by atoms with E-state index >= 15 is 0 Å². The molecule has 2 aromatic rings. The molecule has 164 valence electrons. The molecule has 0 unspecified atom stereocenters. The Hall–Kier alpha value is -2.78. The van der Waals surface area contributed by atoms with Crippen LogP contribution in [0.15, 0.2) is 41.3 Å². The topological polar surface area (TPSA) is 66.5 Å². The molecule has 0 bridgehead atoms. The minimum Gasteiger partial charge on any atom is -0.495 e. The Kier molecular flexibility index (Phi) is 5.69. The number of hydrogen-bond donors (Lipinski definition) is 1. The van der Waals surface area contributed by atoms with Crippen LogP contribution in [0.25, 0.3) is 0 Å². The fourth-order valence-electron chi connectivity index (χ4n) is 4.10. The molecule has 2 amide bonds. The van der Waals surface area contributed by atoms with E-state index in [9.17, 15) is 4.79 Å². The van der Waals surface area contributed by atoms with Crippen LogP contribution in [0.3, 0.4) is 0 Å². The van der Waals surface area contributed by atoms with Gasteiger partial charge in [-0.15, -0.1) is 0 Å². The molecular formula is C22H26N4O4S. The number of benzene rings is 2. The molecule has 1 saturated heterocycles. The predicted octanol–water partition coefficient (Wildman–Crippen LogP) is 3.14. The van der Waals surface area contributed by atoms with Crippen molar-refractivity contribution in [1.29, 1.82) is 0 Å². The van der Waals surface area contributed by atoms with Crippen molar-refractivity contribution in [2.24, 2.45) is 0 Å². The Bertz CT molecular complexity index is 965. The highest BCUT2D eigenvalue weighted by Crippen LogP contribution is 2.46. The van der Waals surface area contributed by atoms with Crippen LogP contribution in [0.4, 0.5) is 16.2 Å². The number of piperazine rings is 1. The zero-order valence-electron chi connectivity index (χ0n) is 17.5. The van der Waals surface area contributed by atoms with Gasteiger partial charge in [0.25, 0.3) is 0 Å². The minimum atomic E-state index is -0.118. The summed E-state index contributed by atoms with van der Waals surface area (Å²) in [5.41, 5.74) is 1.86. The van der Waals surface area contributed by atoms with E-state index < -0.39 is 0 Å². The van der Waals surface area contributed by atoms with E-state index in [-0.39, 0.29) is 6.03 Å². The van der Waals surface area contributed by atoms with Gasteiger partial charge in [0.15, 0.2) is 11.5 Å². The second kappa shape index (κ2) is 8.76. The Morgan fingerprint density at radius 2 is 1.84 bits per heavy atom. The number of carbonyl (C=O) groups excluding carboxylic acids is 1. The first-order valence-electron chi connectivity index (χ1n) is 10.5. The highest BCUT2D eigenvalue weighted by atomic mass is 32.2. The molecule has 0 radical (unpaired) electrons. The third-order valence-corrected chi connectivity index (χ3v) is 6.86. The number of rotatable bonds is 5. The summed E-state index contributed by atoms with van der Waals surface area (Å²) in [4.78, 5) is 18.4. The van der Waals surface area contributed by atoms with Crippen LogP contribution in [0.2, 0.25) is 0 Å². The number of methoxy groups -OCH3 is 1. The van der Waals surface area contributed by atoms with Gasteiger partial charge in [0, 0.05) is 39.3 Å². The first kappa shape index (κ1) is 20.1. The minimum absolute atomic E-state index is 0.118. The second-order valence-electron chi connectivity index (χ2n) is 7.59. The van der Waals surface area contributed by atoms with Gasteiger partial charge >= 0.3 is 6.03 Å². The summed E-state index contributed by atoms with van der Waals surface area (Å²) in [6, 6.07) is 11.9. The molecule has 1 fully saturated rings. The number of hydrogen-bond acceptors (Lipinski definition) is 7. The van der Waals surface area contributed by atoms with Crippen molar-refractivity contribution < 1.29 is 19.0 Å². The van der Waals surface area contributed by atoms with Crippen LogP contribution in [0.5, 0.6) is 17.2 Å². The number of ether oxygens (including phenoxy) is 3. The van der Waals surface area contributed by atoms with Crippen LogP contribution < -0.4 is 24.4 Å². The maximum absolute atomic E-state index is 12.7. The fraction of sp³-hybridized carbons (Fsp3) is 0.409. The van der Waals surface area contributed by atoms with Gasteiger partial charge < -0.3 is 24.4 Å². The highest BCUT2D eigenvalue weighted by molar-refractivity contribution is 7.97. The molecule has 2 aromatic carbocycles. The highest BCUT2D eigenvalue weighted by Gasteiger charge is 2.30. The average Bonchev–Trinajstić information content (AvgIpc) is 2.83. The summed E-state index contributed by atoms with van der Waals surface area (Å²) in [6.45, 7) is 6.29. The zero-order valence-corrected chi connectivity index (χ0v) is 18.3. The number of amides is 2. The molecular weight excluding hydrogens is 416 g/mol. The van der Waals surface area contributed by atoms with E-state index in [0.29, 0.717) is 36.9 Å². The van der Waals surface area contributed by atoms with Gasteiger partial charge in [-0.1, -0.05) is 12.1 Å². The van der Waals surface area contributed by atoms with E-state index in [2.05, 4.69) is 21.2 Å². The smallest absolute Gasteiger partial charge is 0.332 e. The lowest BCUT2D eigenvalue weighted by atomic mass is 10.2. The summed E-state index contributed by atoms with van der Waals surface area (Å²) in [5.74, 6) is 2.23. The van der Waals surface area contributed by atoms with Crippen LogP contribution in [-0.2, 0) is 0 Å². The number of urea groups is 1. The molecule has 3 aliphatic rings. The molecule has 5 rings (SSSR count). The summed E-state index contributed by atoms with van der Waals surface area (Å²) < 4.78 is 18.6. The van der Waals surface area contributed by atoms with Crippen molar-refractivity contribution in [3.05, 3.63) is 36.4 Å². The molecule has 0 aliphatic carbocycles. The number of para-hydroxylation sites is 2. The first-order chi connectivity index (χ1) is 15.2. The standard InChI is InChI=1S/C22H26N4O4S/c1-28-17-5-3-2-4-16(17)25-11-8-24(9-12-25)10-13-26-22(27)23-20-19(31-26)7-6-18-21(20)30-15-14-29-18/h2-7H,8-15H2,1H3,(H,23,27). The first-order valence-corrected chi connectivity index (χ1v) is 11.3. The van der Waals surface area contributed by atoms with Crippen molar-refractivity contribution in [2.45, 2.75) is 4.90 Å². The Morgan fingerprint density at radius 3 is 2.68 bits per heavy atom. The number of carbonyl (C=O) groups is 1. The average molecular weight is 443 g/mol. The van der Waals surface area contributed by atoms with Gasteiger partial charge in [0.2, 0.25) is 0 Å². The lowest BCUT2D eigenvalue weighted by Crippen LogP contribution is -2.49.